The van der Waals surface area contributed by atoms with Crippen LogP contribution in [-0.4, -0.2) is 21.1 Å². The van der Waals surface area contributed by atoms with E-state index in [1.807, 2.05) is 20.0 Å². The maximum Gasteiger partial charge on any atom is 0.573 e. The van der Waals surface area contributed by atoms with Gasteiger partial charge in [-0.15, -0.1) is 25.6 Å². The number of fused-ring (bicyclic) bond motifs is 1. The average molecular weight is 387 g/mol. The molecule has 0 aliphatic heterocycles. The molecule has 3 aromatic rings. The SMILES string of the molecule is Cc1nn(C)c2ncc(CNCc3ccccc3OC(F)(F)F)cc12.Cl. The number of nitrogens with one attached hydrogen (secondary N) is 1. The van der Waals surface area contributed by atoms with Crippen LogP contribution in [0.2, 0.25) is 0 Å². The predicted octanol–water partition coefficient (Wildman–Crippen LogP) is 3.89. The van der Waals surface area contributed by atoms with Crippen molar-refractivity contribution in [3.8, 4) is 5.75 Å². The van der Waals surface area contributed by atoms with Gasteiger partial charge in [-0.1, -0.05) is 18.2 Å². The van der Waals surface area contributed by atoms with E-state index in [0.29, 0.717) is 12.1 Å². The van der Waals surface area contributed by atoms with Gasteiger partial charge in [-0.3, -0.25) is 4.68 Å². The van der Waals surface area contributed by atoms with Gasteiger partial charge in [0.1, 0.15) is 5.75 Å². The van der Waals surface area contributed by atoms with Crippen LogP contribution in [0.25, 0.3) is 11.0 Å². The lowest BCUT2D eigenvalue weighted by atomic mass is 10.2. The molecule has 0 saturated heterocycles. The molecule has 0 amide bonds. The van der Waals surface area contributed by atoms with Crippen LogP contribution in [0.3, 0.4) is 0 Å². The zero-order valence-corrected chi connectivity index (χ0v) is 15.0. The summed E-state index contributed by atoms with van der Waals surface area (Å²) >= 11 is 0. The highest BCUT2D eigenvalue weighted by atomic mass is 35.5. The predicted molar refractivity (Wildman–Crippen MR) is 94.2 cm³/mol. The molecule has 0 spiro atoms. The molecule has 5 nitrogen and oxygen atoms in total. The van der Waals surface area contributed by atoms with Crippen molar-refractivity contribution in [1.29, 1.82) is 0 Å². The standard InChI is InChI=1S/C17H17F3N4O.ClH/c1-11-14-7-12(9-22-16(14)24(2)23-11)8-21-10-13-5-3-4-6-15(13)25-17(18,19)20;/h3-7,9,21H,8,10H2,1-2H3;1H. The molecule has 0 unspecified atom stereocenters. The van der Waals surface area contributed by atoms with E-state index in [1.165, 1.54) is 12.1 Å². The van der Waals surface area contributed by atoms with Crippen molar-refractivity contribution in [1.82, 2.24) is 20.1 Å². The lowest BCUT2D eigenvalue weighted by molar-refractivity contribution is -0.274. The summed E-state index contributed by atoms with van der Waals surface area (Å²) in [4.78, 5) is 4.38. The monoisotopic (exact) mass is 386 g/mol. The third-order valence-electron chi connectivity index (χ3n) is 3.76. The lowest BCUT2D eigenvalue weighted by Crippen LogP contribution is -2.20. The molecule has 0 radical (unpaired) electrons. The molecule has 9 heteroatoms. The molecule has 26 heavy (non-hydrogen) atoms. The van der Waals surface area contributed by atoms with Gasteiger partial charge in [0.05, 0.1) is 5.69 Å². The molecule has 1 aromatic carbocycles. The van der Waals surface area contributed by atoms with Gasteiger partial charge in [0.2, 0.25) is 0 Å². The Labute approximate surface area is 154 Å². The molecule has 0 aliphatic rings. The van der Waals surface area contributed by atoms with Crippen molar-refractivity contribution in [2.45, 2.75) is 26.4 Å². The van der Waals surface area contributed by atoms with Gasteiger partial charge in [-0.25, -0.2) is 4.98 Å². The van der Waals surface area contributed by atoms with E-state index in [-0.39, 0.29) is 24.7 Å². The molecule has 0 saturated carbocycles. The van der Waals surface area contributed by atoms with Gasteiger partial charge in [0.15, 0.2) is 5.65 Å². The summed E-state index contributed by atoms with van der Waals surface area (Å²) < 4.78 is 43.1. The van der Waals surface area contributed by atoms with Crippen molar-refractivity contribution in [3.63, 3.8) is 0 Å². The largest absolute Gasteiger partial charge is 0.573 e. The van der Waals surface area contributed by atoms with E-state index in [4.69, 9.17) is 0 Å². The van der Waals surface area contributed by atoms with Crippen LogP contribution in [0.15, 0.2) is 36.5 Å². The summed E-state index contributed by atoms with van der Waals surface area (Å²) in [7, 11) is 1.83. The zero-order valence-electron chi connectivity index (χ0n) is 14.2. The Morgan fingerprint density at radius 1 is 1.19 bits per heavy atom. The third kappa shape index (κ3) is 4.64. The first kappa shape index (κ1) is 20.0. The van der Waals surface area contributed by atoms with Gasteiger partial charge in [0, 0.05) is 37.3 Å². The molecule has 0 aliphatic carbocycles. The fourth-order valence-electron chi connectivity index (χ4n) is 2.66. The number of hydrogen-bond acceptors (Lipinski definition) is 4. The summed E-state index contributed by atoms with van der Waals surface area (Å²) in [6, 6.07) is 8.06. The molecule has 140 valence electrons. The van der Waals surface area contributed by atoms with Gasteiger partial charge >= 0.3 is 6.36 Å². The Kier molecular flexibility index (Phi) is 6.09. The molecule has 0 bridgehead atoms. The first-order valence-corrected chi connectivity index (χ1v) is 7.66. The Hall–Kier alpha value is -2.32. The Balaban J connectivity index is 0.00000243. The molecular weight excluding hydrogens is 369 g/mol. The number of para-hydroxylation sites is 1. The number of pyridine rings is 1. The van der Waals surface area contributed by atoms with E-state index in [2.05, 4.69) is 20.1 Å². The fourth-order valence-corrected chi connectivity index (χ4v) is 2.66. The third-order valence-corrected chi connectivity index (χ3v) is 3.76. The number of aryl methyl sites for hydroxylation is 2. The molecule has 2 aromatic heterocycles. The first-order valence-electron chi connectivity index (χ1n) is 7.66. The average Bonchev–Trinajstić information content (AvgIpc) is 2.82. The Bertz CT molecular complexity index is 895. The minimum absolute atomic E-state index is 0. The maximum atomic E-state index is 12.4. The summed E-state index contributed by atoms with van der Waals surface area (Å²) in [5, 5.41) is 8.40. The van der Waals surface area contributed by atoms with Crippen molar-refractivity contribution < 1.29 is 17.9 Å². The van der Waals surface area contributed by atoms with E-state index < -0.39 is 6.36 Å². The zero-order chi connectivity index (χ0) is 18.0. The summed E-state index contributed by atoms with van der Waals surface area (Å²) in [6.07, 6.45) is -2.97. The second-order valence-electron chi connectivity index (χ2n) is 5.68. The number of rotatable bonds is 5. The van der Waals surface area contributed by atoms with Crippen molar-refractivity contribution in [3.05, 3.63) is 53.3 Å². The van der Waals surface area contributed by atoms with Gasteiger partial charge in [0.25, 0.3) is 0 Å². The number of nitrogens with zero attached hydrogens (tertiary/aromatic N) is 3. The number of halogens is 4. The fraction of sp³-hybridized carbons (Fsp3) is 0.294. The highest BCUT2D eigenvalue weighted by molar-refractivity contribution is 5.85. The van der Waals surface area contributed by atoms with Gasteiger partial charge in [-0.2, -0.15) is 5.10 Å². The first-order chi connectivity index (χ1) is 11.8. The van der Waals surface area contributed by atoms with Crippen LogP contribution in [0.5, 0.6) is 5.75 Å². The minimum Gasteiger partial charge on any atom is -0.405 e. The van der Waals surface area contributed by atoms with Crippen LogP contribution >= 0.6 is 12.4 Å². The topological polar surface area (TPSA) is 52.0 Å². The number of ether oxygens (including phenoxy) is 1. The van der Waals surface area contributed by atoms with Crippen LogP contribution in [0, 0.1) is 6.92 Å². The number of alkyl halides is 3. The summed E-state index contributed by atoms with van der Waals surface area (Å²) in [6.45, 7) is 2.62. The number of benzene rings is 1. The van der Waals surface area contributed by atoms with Crippen LogP contribution in [-0.2, 0) is 20.1 Å². The van der Waals surface area contributed by atoms with E-state index in [1.54, 1.807) is 23.0 Å². The number of hydrogen-bond donors (Lipinski definition) is 1. The number of aromatic nitrogens is 3. The highest BCUT2D eigenvalue weighted by Crippen LogP contribution is 2.26. The van der Waals surface area contributed by atoms with E-state index in [0.717, 1.165) is 22.3 Å². The van der Waals surface area contributed by atoms with E-state index in [9.17, 15) is 13.2 Å². The second kappa shape index (κ2) is 7.92. The van der Waals surface area contributed by atoms with Crippen LogP contribution < -0.4 is 10.1 Å². The molecule has 0 fully saturated rings. The van der Waals surface area contributed by atoms with Crippen molar-refractivity contribution in [2.24, 2.45) is 7.05 Å². The minimum atomic E-state index is -4.71. The lowest BCUT2D eigenvalue weighted by Gasteiger charge is -2.13. The normalized spacial score (nSPS) is 11.4. The quantitative estimate of drug-likeness (QED) is 0.723. The molecule has 1 N–H and O–H groups in total. The van der Waals surface area contributed by atoms with Gasteiger partial charge < -0.3 is 10.1 Å². The Morgan fingerprint density at radius 3 is 2.65 bits per heavy atom. The Morgan fingerprint density at radius 2 is 1.92 bits per heavy atom. The van der Waals surface area contributed by atoms with E-state index >= 15 is 0 Å². The van der Waals surface area contributed by atoms with Gasteiger partial charge in [-0.05, 0) is 24.6 Å². The van der Waals surface area contributed by atoms with Crippen LogP contribution in [0.4, 0.5) is 13.2 Å². The molecule has 0 atom stereocenters. The summed E-state index contributed by atoms with van der Waals surface area (Å²) in [5.41, 5.74) is 3.05. The second-order valence-corrected chi connectivity index (χ2v) is 5.68. The molecule has 3 rings (SSSR count). The molecule has 2 heterocycles. The van der Waals surface area contributed by atoms with Crippen LogP contribution in [0.1, 0.15) is 16.8 Å². The van der Waals surface area contributed by atoms with Crippen molar-refractivity contribution in [2.75, 3.05) is 0 Å². The van der Waals surface area contributed by atoms with Crippen molar-refractivity contribution >= 4 is 23.4 Å². The highest BCUT2D eigenvalue weighted by Gasteiger charge is 2.31. The summed E-state index contributed by atoms with van der Waals surface area (Å²) in [5.74, 6) is -0.195. The maximum absolute atomic E-state index is 12.4. The smallest absolute Gasteiger partial charge is 0.405 e. The molecular formula is C17H18ClF3N4O.